The molecular weight excluding hydrogens is 292 g/mol. The van der Waals surface area contributed by atoms with E-state index in [0.29, 0.717) is 36.6 Å². The Kier molecular flexibility index (Phi) is 4.32. The quantitative estimate of drug-likeness (QED) is 0.535. The zero-order valence-corrected chi connectivity index (χ0v) is 13.2. The van der Waals surface area contributed by atoms with Crippen LogP contribution in [0.25, 0.3) is 5.78 Å². The third kappa shape index (κ3) is 3.53. The van der Waals surface area contributed by atoms with Crippen molar-refractivity contribution >= 4 is 11.7 Å². The van der Waals surface area contributed by atoms with Crippen molar-refractivity contribution in [3.63, 3.8) is 0 Å². The topological polar surface area (TPSA) is 69.4 Å². The van der Waals surface area contributed by atoms with Gasteiger partial charge in [-0.05, 0) is 38.0 Å². The minimum absolute atomic E-state index is 0.285. The minimum Gasteiger partial charge on any atom is -0.462 e. The number of carbonyl (C=O) groups is 1. The molecule has 0 saturated carbocycles. The lowest BCUT2D eigenvalue weighted by Crippen LogP contribution is -2.09. The van der Waals surface area contributed by atoms with Gasteiger partial charge in [-0.15, -0.1) is 5.10 Å². The number of fused-ring (bicyclic) bond motifs is 1. The lowest BCUT2D eigenvalue weighted by Gasteiger charge is -2.07. The summed E-state index contributed by atoms with van der Waals surface area (Å²) in [4.78, 5) is 20.5. The first-order valence-corrected chi connectivity index (χ1v) is 7.54. The van der Waals surface area contributed by atoms with E-state index in [0.717, 1.165) is 11.1 Å². The molecule has 3 aromatic rings. The van der Waals surface area contributed by atoms with Crippen LogP contribution in [0.4, 0.5) is 0 Å². The number of ether oxygens (including phenoxy) is 1. The zero-order valence-electron chi connectivity index (χ0n) is 13.2. The van der Waals surface area contributed by atoms with Gasteiger partial charge in [-0.2, -0.15) is 4.98 Å². The van der Waals surface area contributed by atoms with Crippen molar-refractivity contribution in [3.05, 3.63) is 59.2 Å². The second kappa shape index (κ2) is 6.56. The molecule has 0 spiro atoms. The Labute approximate surface area is 134 Å². The molecule has 0 unspecified atom stereocenters. The van der Waals surface area contributed by atoms with E-state index in [2.05, 4.69) is 15.1 Å². The Balaban J connectivity index is 1.52. The third-order valence-corrected chi connectivity index (χ3v) is 3.54. The van der Waals surface area contributed by atoms with E-state index in [4.69, 9.17) is 4.74 Å². The maximum absolute atomic E-state index is 12.1. The molecule has 0 aliphatic rings. The second-order valence-corrected chi connectivity index (χ2v) is 5.45. The van der Waals surface area contributed by atoms with Crippen molar-refractivity contribution in [2.75, 3.05) is 6.61 Å². The Hall–Kier alpha value is -2.76. The fourth-order valence-corrected chi connectivity index (χ4v) is 2.40. The maximum Gasteiger partial charge on any atom is 0.338 e. The second-order valence-electron chi connectivity index (χ2n) is 5.45. The fraction of sp³-hybridized carbons (Fsp3) is 0.294. The van der Waals surface area contributed by atoms with Crippen molar-refractivity contribution in [2.45, 2.75) is 26.7 Å². The molecule has 0 aliphatic heterocycles. The highest BCUT2D eigenvalue weighted by molar-refractivity contribution is 5.91. The largest absolute Gasteiger partial charge is 0.462 e. The van der Waals surface area contributed by atoms with Crippen LogP contribution in [0.15, 0.2) is 36.7 Å². The molecule has 2 aromatic heterocycles. The van der Waals surface area contributed by atoms with Crippen LogP contribution in [0.5, 0.6) is 0 Å². The van der Waals surface area contributed by atoms with Gasteiger partial charge in [-0.25, -0.2) is 14.3 Å². The van der Waals surface area contributed by atoms with Crippen molar-refractivity contribution in [1.29, 1.82) is 0 Å². The standard InChI is InChI=1S/C17H18N4O2/c1-12-6-7-14(13(2)11-12)16(22)23-10-3-5-15-19-17-18-8-4-9-21(17)20-15/h4,6-9,11H,3,5,10H2,1-2H3. The highest BCUT2D eigenvalue weighted by atomic mass is 16.5. The lowest BCUT2D eigenvalue weighted by atomic mass is 10.1. The van der Waals surface area contributed by atoms with Crippen molar-refractivity contribution in [1.82, 2.24) is 19.6 Å². The molecule has 1 aromatic carbocycles. The Bertz CT molecular complexity index is 808. The normalized spacial score (nSPS) is 10.9. The van der Waals surface area contributed by atoms with Crippen LogP contribution in [-0.4, -0.2) is 32.2 Å². The van der Waals surface area contributed by atoms with Gasteiger partial charge in [0.2, 0.25) is 0 Å². The number of benzene rings is 1. The van der Waals surface area contributed by atoms with Gasteiger partial charge in [0.1, 0.15) is 0 Å². The van der Waals surface area contributed by atoms with Crippen LogP contribution >= 0.6 is 0 Å². The zero-order chi connectivity index (χ0) is 16.2. The average molecular weight is 310 g/mol. The van der Waals surface area contributed by atoms with Crippen LogP contribution in [0.1, 0.15) is 33.7 Å². The molecule has 0 amide bonds. The van der Waals surface area contributed by atoms with Crippen LogP contribution in [0.2, 0.25) is 0 Å². The van der Waals surface area contributed by atoms with Gasteiger partial charge in [0.05, 0.1) is 12.2 Å². The summed E-state index contributed by atoms with van der Waals surface area (Å²) in [5.74, 6) is 0.994. The van der Waals surface area contributed by atoms with Gasteiger partial charge in [0.15, 0.2) is 5.82 Å². The molecule has 0 aliphatic carbocycles. The molecule has 0 fully saturated rings. The number of esters is 1. The number of nitrogens with zero attached hydrogens (tertiary/aromatic N) is 4. The van der Waals surface area contributed by atoms with Crippen LogP contribution in [0.3, 0.4) is 0 Å². The van der Waals surface area contributed by atoms with Gasteiger partial charge in [0, 0.05) is 18.8 Å². The smallest absolute Gasteiger partial charge is 0.338 e. The summed E-state index contributed by atoms with van der Waals surface area (Å²) in [5, 5.41) is 4.31. The summed E-state index contributed by atoms with van der Waals surface area (Å²) in [6, 6.07) is 7.50. The van der Waals surface area contributed by atoms with Crippen molar-refractivity contribution in [2.24, 2.45) is 0 Å². The number of carbonyl (C=O) groups excluding carboxylic acids is 1. The van der Waals surface area contributed by atoms with Gasteiger partial charge in [0.25, 0.3) is 5.78 Å². The predicted molar refractivity (Wildman–Crippen MR) is 85.3 cm³/mol. The van der Waals surface area contributed by atoms with E-state index in [1.54, 1.807) is 23.0 Å². The van der Waals surface area contributed by atoms with Gasteiger partial charge < -0.3 is 4.74 Å². The molecule has 118 valence electrons. The summed E-state index contributed by atoms with van der Waals surface area (Å²) >= 11 is 0. The molecule has 0 saturated heterocycles. The lowest BCUT2D eigenvalue weighted by molar-refractivity contribution is 0.0499. The Morgan fingerprint density at radius 3 is 2.96 bits per heavy atom. The van der Waals surface area contributed by atoms with E-state index in [9.17, 15) is 4.79 Å². The monoisotopic (exact) mass is 310 g/mol. The molecule has 3 rings (SSSR count). The molecule has 0 N–H and O–H groups in total. The van der Waals surface area contributed by atoms with E-state index < -0.39 is 0 Å². The molecule has 0 bridgehead atoms. The highest BCUT2D eigenvalue weighted by Crippen LogP contribution is 2.12. The van der Waals surface area contributed by atoms with Gasteiger partial charge in [-0.3, -0.25) is 0 Å². The minimum atomic E-state index is -0.285. The van der Waals surface area contributed by atoms with E-state index >= 15 is 0 Å². The number of aromatic nitrogens is 4. The summed E-state index contributed by atoms with van der Waals surface area (Å²) in [5.41, 5.74) is 2.68. The molecule has 0 atom stereocenters. The number of rotatable bonds is 5. The molecule has 2 heterocycles. The van der Waals surface area contributed by atoms with E-state index in [1.165, 1.54) is 0 Å². The maximum atomic E-state index is 12.1. The molecule has 0 radical (unpaired) electrons. The van der Waals surface area contributed by atoms with Crippen LogP contribution in [-0.2, 0) is 11.2 Å². The average Bonchev–Trinajstić information content (AvgIpc) is 2.94. The summed E-state index contributed by atoms with van der Waals surface area (Å²) in [7, 11) is 0. The van der Waals surface area contributed by atoms with Crippen molar-refractivity contribution < 1.29 is 9.53 Å². The van der Waals surface area contributed by atoms with Crippen LogP contribution < -0.4 is 0 Å². The first kappa shape index (κ1) is 15.1. The molecular formula is C17H18N4O2. The highest BCUT2D eigenvalue weighted by Gasteiger charge is 2.10. The van der Waals surface area contributed by atoms with E-state index in [1.807, 2.05) is 32.0 Å². The summed E-state index contributed by atoms with van der Waals surface area (Å²) < 4.78 is 6.96. The predicted octanol–water partition coefficient (Wildman–Crippen LogP) is 2.53. The number of hydrogen-bond donors (Lipinski definition) is 0. The Morgan fingerprint density at radius 2 is 2.17 bits per heavy atom. The van der Waals surface area contributed by atoms with Gasteiger partial charge in [-0.1, -0.05) is 17.7 Å². The SMILES string of the molecule is Cc1ccc(C(=O)OCCCc2nc3ncccn3n2)c(C)c1. The number of hydrogen-bond acceptors (Lipinski definition) is 5. The first-order valence-electron chi connectivity index (χ1n) is 7.54. The van der Waals surface area contributed by atoms with Crippen LogP contribution in [0, 0.1) is 13.8 Å². The molecule has 23 heavy (non-hydrogen) atoms. The van der Waals surface area contributed by atoms with Gasteiger partial charge >= 0.3 is 5.97 Å². The Morgan fingerprint density at radius 1 is 1.30 bits per heavy atom. The van der Waals surface area contributed by atoms with Crippen molar-refractivity contribution in [3.8, 4) is 0 Å². The third-order valence-electron chi connectivity index (χ3n) is 3.54. The summed E-state index contributed by atoms with van der Waals surface area (Å²) in [6.07, 6.45) is 4.80. The van der Waals surface area contributed by atoms with E-state index in [-0.39, 0.29) is 5.97 Å². The number of aryl methyl sites for hydroxylation is 3. The first-order chi connectivity index (χ1) is 11.1. The summed E-state index contributed by atoms with van der Waals surface area (Å²) in [6.45, 7) is 4.26. The molecule has 6 nitrogen and oxygen atoms in total. The fourth-order valence-electron chi connectivity index (χ4n) is 2.40. The molecule has 6 heteroatoms.